The quantitative estimate of drug-likeness (QED) is 0.235. The van der Waals surface area contributed by atoms with Gasteiger partial charge in [0.2, 0.25) is 0 Å². The predicted octanol–water partition coefficient (Wildman–Crippen LogP) is 9.99. The van der Waals surface area contributed by atoms with Crippen LogP contribution in [0, 0.1) is 0 Å². The zero-order valence-corrected chi connectivity index (χ0v) is 23.4. The minimum atomic E-state index is -0.00554. The van der Waals surface area contributed by atoms with E-state index in [2.05, 4.69) is 177 Å². The molecule has 0 amide bonds. The molecule has 1 aliphatic heterocycles. The molecule has 3 heterocycles. The van der Waals surface area contributed by atoms with Crippen LogP contribution in [-0.2, 0) is 0 Å². The van der Waals surface area contributed by atoms with Crippen LogP contribution in [0.5, 0.6) is 0 Å². The largest absolute Gasteiger partial charge is 0.359 e. The Morgan fingerprint density at radius 3 is 2.00 bits per heavy atom. The van der Waals surface area contributed by atoms with E-state index in [1.807, 2.05) is 0 Å². The summed E-state index contributed by atoms with van der Waals surface area (Å²) in [6.07, 6.45) is 2.18. The van der Waals surface area contributed by atoms with Gasteiger partial charge in [0.25, 0.3) is 0 Å². The summed E-state index contributed by atoms with van der Waals surface area (Å²) < 4.78 is 4.75. The van der Waals surface area contributed by atoms with Crippen LogP contribution in [0.2, 0.25) is 0 Å². The van der Waals surface area contributed by atoms with E-state index >= 15 is 0 Å². The van der Waals surface area contributed by atoms with Crippen LogP contribution in [0.4, 0.5) is 17.1 Å². The van der Waals surface area contributed by atoms with E-state index in [0.717, 1.165) is 17.1 Å². The summed E-state index contributed by atoms with van der Waals surface area (Å²) in [5.41, 5.74) is 10.7. The fraction of sp³-hybridized carbons (Fsp3) is 0.0256. The van der Waals surface area contributed by atoms with Crippen LogP contribution in [0.25, 0.3) is 44.1 Å². The fourth-order valence-electron chi connectivity index (χ4n) is 6.82. The van der Waals surface area contributed by atoms with Crippen molar-refractivity contribution in [2.24, 2.45) is 0 Å². The molecule has 4 heteroatoms. The highest BCUT2D eigenvalue weighted by Crippen LogP contribution is 2.46. The Labute approximate surface area is 249 Å². The van der Waals surface area contributed by atoms with E-state index in [-0.39, 0.29) is 6.17 Å². The second kappa shape index (κ2) is 9.40. The summed E-state index contributed by atoms with van der Waals surface area (Å²) in [4.78, 5) is 2.39. The molecule has 0 fully saturated rings. The molecule has 0 bridgehead atoms. The molecule has 0 radical (unpaired) electrons. The number of nitrogens with one attached hydrogen (secondary N) is 1. The summed E-state index contributed by atoms with van der Waals surface area (Å²) in [5, 5.41) is 7.51. The molecular weight excluding hydrogens is 524 g/mol. The standard InChI is InChI=1S/C39H28N4/c1-3-11-29(12-4-1)41-26-25-27-21-24-33-32-15-7-9-17-35(32)42(38(33)37(27)41)31-22-19-28(20-23-31)39-40-34-16-8-10-18-36(34)43(39)30-13-5-2-6-14-30/h1-26,39-40H. The number of anilines is 3. The Hall–Kier alpha value is -5.74. The molecule has 204 valence electrons. The summed E-state index contributed by atoms with van der Waals surface area (Å²) >= 11 is 0. The Bertz CT molecular complexity index is 2260. The molecule has 1 atom stereocenters. The van der Waals surface area contributed by atoms with Crippen molar-refractivity contribution in [3.8, 4) is 11.4 Å². The van der Waals surface area contributed by atoms with Gasteiger partial charge in [0.1, 0.15) is 6.17 Å². The summed E-state index contributed by atoms with van der Waals surface area (Å²) in [5.74, 6) is 0. The number of aromatic nitrogens is 2. The van der Waals surface area contributed by atoms with E-state index in [1.54, 1.807) is 0 Å². The van der Waals surface area contributed by atoms with Crippen LogP contribution in [-0.4, -0.2) is 9.13 Å². The number of nitrogens with zero attached hydrogens (tertiary/aromatic N) is 3. The van der Waals surface area contributed by atoms with E-state index in [1.165, 1.54) is 49.6 Å². The number of fused-ring (bicyclic) bond motifs is 6. The molecule has 0 spiro atoms. The number of para-hydroxylation sites is 5. The summed E-state index contributed by atoms with van der Waals surface area (Å²) in [6.45, 7) is 0. The highest BCUT2D eigenvalue weighted by atomic mass is 15.3. The van der Waals surface area contributed by atoms with Crippen molar-refractivity contribution in [2.45, 2.75) is 6.17 Å². The molecule has 43 heavy (non-hydrogen) atoms. The van der Waals surface area contributed by atoms with Gasteiger partial charge in [-0.15, -0.1) is 0 Å². The molecular formula is C39H28N4. The van der Waals surface area contributed by atoms with Gasteiger partial charge in [-0.05, 0) is 66.2 Å². The van der Waals surface area contributed by atoms with Crippen LogP contribution in [0.15, 0.2) is 158 Å². The average Bonchev–Trinajstić information content (AvgIpc) is 3.78. The maximum Gasteiger partial charge on any atom is 0.130 e. The van der Waals surface area contributed by atoms with Crippen molar-refractivity contribution in [3.63, 3.8) is 0 Å². The maximum absolute atomic E-state index is 3.77. The third-order valence-corrected chi connectivity index (χ3v) is 8.73. The smallest absolute Gasteiger partial charge is 0.130 e. The molecule has 1 N–H and O–H groups in total. The molecule has 9 rings (SSSR count). The van der Waals surface area contributed by atoms with Crippen LogP contribution >= 0.6 is 0 Å². The molecule has 8 aromatic rings. The Morgan fingerprint density at radius 1 is 0.488 bits per heavy atom. The summed E-state index contributed by atoms with van der Waals surface area (Å²) in [7, 11) is 0. The third-order valence-electron chi connectivity index (χ3n) is 8.73. The summed E-state index contributed by atoms with van der Waals surface area (Å²) in [6, 6.07) is 54.3. The zero-order chi connectivity index (χ0) is 28.3. The van der Waals surface area contributed by atoms with Crippen LogP contribution < -0.4 is 10.2 Å². The van der Waals surface area contributed by atoms with Crippen molar-refractivity contribution in [1.82, 2.24) is 9.13 Å². The first-order valence-electron chi connectivity index (χ1n) is 14.7. The second-order valence-corrected chi connectivity index (χ2v) is 11.1. The van der Waals surface area contributed by atoms with E-state index in [4.69, 9.17) is 0 Å². The zero-order valence-electron chi connectivity index (χ0n) is 23.4. The van der Waals surface area contributed by atoms with Crippen LogP contribution in [0.3, 0.4) is 0 Å². The average molecular weight is 553 g/mol. The number of hydrogen-bond acceptors (Lipinski definition) is 2. The first-order chi connectivity index (χ1) is 21.3. The molecule has 4 nitrogen and oxygen atoms in total. The molecule has 0 saturated heterocycles. The minimum absolute atomic E-state index is 0.00554. The predicted molar refractivity (Wildman–Crippen MR) is 179 cm³/mol. The van der Waals surface area contributed by atoms with E-state index < -0.39 is 0 Å². The molecule has 2 aromatic heterocycles. The first kappa shape index (κ1) is 23.9. The molecule has 0 saturated carbocycles. The second-order valence-electron chi connectivity index (χ2n) is 11.1. The van der Waals surface area contributed by atoms with E-state index in [9.17, 15) is 0 Å². The van der Waals surface area contributed by atoms with Crippen molar-refractivity contribution in [1.29, 1.82) is 0 Å². The monoisotopic (exact) mass is 552 g/mol. The molecule has 1 unspecified atom stereocenters. The van der Waals surface area contributed by atoms with Crippen molar-refractivity contribution < 1.29 is 0 Å². The van der Waals surface area contributed by atoms with Gasteiger partial charge in [0.05, 0.1) is 27.9 Å². The van der Waals surface area contributed by atoms with Gasteiger partial charge in [-0.2, -0.15) is 0 Å². The molecule has 6 aromatic carbocycles. The highest BCUT2D eigenvalue weighted by molar-refractivity contribution is 6.18. The van der Waals surface area contributed by atoms with Gasteiger partial charge in [-0.3, -0.25) is 0 Å². The van der Waals surface area contributed by atoms with Gasteiger partial charge in [0.15, 0.2) is 0 Å². The lowest BCUT2D eigenvalue weighted by Gasteiger charge is -2.27. The normalized spacial score (nSPS) is 14.4. The topological polar surface area (TPSA) is 25.1 Å². The number of benzene rings is 6. The third kappa shape index (κ3) is 3.63. The van der Waals surface area contributed by atoms with Gasteiger partial charge in [0, 0.05) is 39.4 Å². The lowest BCUT2D eigenvalue weighted by molar-refractivity contribution is 0.827. The van der Waals surface area contributed by atoms with Crippen molar-refractivity contribution in [2.75, 3.05) is 10.2 Å². The highest BCUT2D eigenvalue weighted by Gasteiger charge is 2.31. The Balaban J connectivity index is 1.23. The Morgan fingerprint density at radius 2 is 1.19 bits per heavy atom. The first-order valence-corrected chi connectivity index (χ1v) is 14.7. The fourth-order valence-corrected chi connectivity index (χ4v) is 6.82. The van der Waals surface area contributed by atoms with Gasteiger partial charge in [-0.1, -0.05) is 91.0 Å². The maximum atomic E-state index is 3.77. The SMILES string of the molecule is c1ccc(N2c3ccccc3NC2c2ccc(-n3c4ccccc4c4ccc5ccn(-c6ccccc6)c5c43)cc2)cc1. The van der Waals surface area contributed by atoms with Gasteiger partial charge >= 0.3 is 0 Å². The minimum Gasteiger partial charge on any atom is -0.359 e. The lowest BCUT2D eigenvalue weighted by Crippen LogP contribution is -2.23. The molecule has 0 aliphatic carbocycles. The Kier molecular flexibility index (Phi) is 5.23. The number of hydrogen-bond donors (Lipinski definition) is 1. The lowest BCUT2D eigenvalue weighted by atomic mass is 10.1. The number of rotatable bonds is 4. The van der Waals surface area contributed by atoms with Crippen LogP contribution in [0.1, 0.15) is 11.7 Å². The van der Waals surface area contributed by atoms with Crippen molar-refractivity contribution >= 4 is 49.8 Å². The van der Waals surface area contributed by atoms with Gasteiger partial charge in [-0.25, -0.2) is 0 Å². The van der Waals surface area contributed by atoms with Gasteiger partial charge < -0.3 is 19.4 Å². The van der Waals surface area contributed by atoms with Crippen molar-refractivity contribution in [3.05, 3.63) is 163 Å². The van der Waals surface area contributed by atoms with E-state index in [0.29, 0.717) is 0 Å². The molecule has 1 aliphatic rings.